The highest BCUT2D eigenvalue weighted by Gasteiger charge is 2.56. The first-order valence-corrected chi connectivity index (χ1v) is 9.49. The first-order chi connectivity index (χ1) is 11.8. The van der Waals surface area contributed by atoms with Crippen LogP contribution >= 0.6 is 0 Å². The fourth-order valence-corrected chi connectivity index (χ4v) is 4.28. The van der Waals surface area contributed by atoms with Crippen molar-refractivity contribution in [2.24, 2.45) is 0 Å². The summed E-state index contributed by atoms with van der Waals surface area (Å²) in [5.41, 5.74) is 0.116. The molecule has 1 fully saturated rings. The van der Waals surface area contributed by atoms with E-state index in [2.05, 4.69) is 20.1 Å². The lowest BCUT2D eigenvalue weighted by Gasteiger charge is -2.47. The lowest BCUT2D eigenvalue weighted by Crippen LogP contribution is -2.63. The second-order valence-corrected chi connectivity index (χ2v) is 8.35. The van der Waals surface area contributed by atoms with Gasteiger partial charge in [-0.1, -0.05) is 5.16 Å². The molecule has 0 atom stereocenters. The monoisotopic (exact) mass is 364 g/mol. The molecule has 4 heterocycles. The van der Waals surface area contributed by atoms with Crippen LogP contribution in [-0.2, 0) is 26.7 Å². The Bertz CT molecular complexity index is 950. The van der Waals surface area contributed by atoms with Crippen LogP contribution in [0.2, 0.25) is 0 Å². The van der Waals surface area contributed by atoms with Crippen molar-refractivity contribution >= 4 is 21.7 Å². The summed E-state index contributed by atoms with van der Waals surface area (Å²) < 4.78 is 30.3. The molecule has 2 aromatic heterocycles. The molecule has 0 aliphatic carbocycles. The van der Waals surface area contributed by atoms with Gasteiger partial charge in [-0.3, -0.25) is 14.1 Å². The number of hydrogen-bond acceptors (Lipinski definition) is 8. The fourth-order valence-electron chi connectivity index (χ4n) is 3.35. The Morgan fingerprint density at radius 2 is 2.00 bits per heavy atom. The van der Waals surface area contributed by atoms with E-state index in [1.54, 1.807) is 11.8 Å². The van der Waals surface area contributed by atoms with Gasteiger partial charge in [-0.15, -0.1) is 0 Å². The minimum absolute atomic E-state index is 0.0278. The first-order valence-electron chi connectivity index (χ1n) is 7.65. The Hall–Kier alpha value is -2.56. The maximum atomic E-state index is 12.4. The summed E-state index contributed by atoms with van der Waals surface area (Å²) in [6.45, 7) is 2.70. The lowest BCUT2D eigenvalue weighted by molar-refractivity contribution is -0.138. The van der Waals surface area contributed by atoms with Crippen LogP contribution < -0.4 is 4.31 Å². The fraction of sp³-hybridized carbons (Fsp3) is 0.500. The number of aryl methyl sites for hydroxylation is 1. The van der Waals surface area contributed by atoms with Crippen molar-refractivity contribution in [3.05, 3.63) is 29.8 Å². The Labute approximate surface area is 143 Å². The molecule has 2 aromatic rings. The molecular formula is C14H16N6O4S. The minimum Gasteiger partial charge on any atom is -0.340 e. The van der Waals surface area contributed by atoms with Crippen LogP contribution in [-0.4, -0.2) is 65.2 Å². The third kappa shape index (κ3) is 2.54. The third-order valence-corrected chi connectivity index (χ3v) is 5.58. The number of rotatable bonds is 3. The van der Waals surface area contributed by atoms with Gasteiger partial charge in [0, 0.05) is 25.5 Å². The van der Waals surface area contributed by atoms with Gasteiger partial charge in [0.2, 0.25) is 21.8 Å². The predicted octanol–water partition coefficient (Wildman–Crippen LogP) is -0.730. The van der Waals surface area contributed by atoms with Crippen LogP contribution in [0, 0.1) is 6.92 Å². The molecule has 4 rings (SSSR count). The molecule has 0 bridgehead atoms. The Morgan fingerprint density at radius 3 is 2.64 bits per heavy atom. The molecule has 25 heavy (non-hydrogen) atoms. The quantitative estimate of drug-likeness (QED) is 0.698. The molecule has 132 valence electrons. The van der Waals surface area contributed by atoms with Crippen molar-refractivity contribution < 1.29 is 17.7 Å². The SMILES string of the molecule is Cc1noc(CC(=O)N2CC3(C2)CN(S(C)(=O)=O)c2nccnc23)n1. The minimum atomic E-state index is -3.45. The Morgan fingerprint density at radius 1 is 1.28 bits per heavy atom. The van der Waals surface area contributed by atoms with Crippen molar-refractivity contribution in [2.75, 3.05) is 30.2 Å². The first kappa shape index (κ1) is 15.9. The van der Waals surface area contributed by atoms with Crippen LogP contribution in [0.15, 0.2) is 16.9 Å². The van der Waals surface area contributed by atoms with Gasteiger partial charge >= 0.3 is 0 Å². The van der Waals surface area contributed by atoms with Crippen molar-refractivity contribution in [2.45, 2.75) is 18.8 Å². The largest absolute Gasteiger partial charge is 0.340 e. The number of carbonyl (C=O) groups excluding carboxylic acids is 1. The summed E-state index contributed by atoms with van der Waals surface area (Å²) >= 11 is 0. The van der Waals surface area contributed by atoms with E-state index in [-0.39, 0.29) is 24.8 Å². The molecule has 1 spiro atoms. The van der Waals surface area contributed by atoms with E-state index < -0.39 is 15.4 Å². The van der Waals surface area contributed by atoms with E-state index >= 15 is 0 Å². The van der Waals surface area contributed by atoms with Crippen LogP contribution in [0.4, 0.5) is 5.82 Å². The van der Waals surface area contributed by atoms with E-state index in [1.807, 2.05) is 0 Å². The zero-order valence-corrected chi connectivity index (χ0v) is 14.5. The van der Waals surface area contributed by atoms with Crippen LogP contribution in [0.3, 0.4) is 0 Å². The summed E-state index contributed by atoms with van der Waals surface area (Å²) in [6.07, 6.45) is 4.18. The molecule has 0 saturated carbocycles. The normalized spacial score (nSPS) is 18.3. The van der Waals surface area contributed by atoms with Gasteiger partial charge in [0.25, 0.3) is 0 Å². The van der Waals surface area contributed by atoms with Gasteiger partial charge in [-0.2, -0.15) is 4.98 Å². The molecule has 0 radical (unpaired) electrons. The van der Waals surface area contributed by atoms with E-state index in [0.29, 0.717) is 30.4 Å². The zero-order chi connectivity index (χ0) is 17.8. The Balaban J connectivity index is 1.53. The van der Waals surface area contributed by atoms with Gasteiger partial charge < -0.3 is 9.42 Å². The number of amides is 1. The van der Waals surface area contributed by atoms with Crippen LogP contribution in [0.5, 0.6) is 0 Å². The highest BCUT2D eigenvalue weighted by Crippen LogP contribution is 2.45. The lowest BCUT2D eigenvalue weighted by atomic mass is 9.78. The van der Waals surface area contributed by atoms with Crippen LogP contribution in [0.1, 0.15) is 17.4 Å². The molecule has 10 nitrogen and oxygen atoms in total. The average molecular weight is 364 g/mol. The van der Waals surface area contributed by atoms with Crippen molar-refractivity contribution in [3.8, 4) is 0 Å². The summed E-state index contributed by atoms with van der Waals surface area (Å²) in [5.74, 6) is 0.960. The molecule has 1 saturated heterocycles. The smallest absolute Gasteiger partial charge is 0.236 e. The van der Waals surface area contributed by atoms with E-state index in [9.17, 15) is 13.2 Å². The number of sulfonamides is 1. The number of likely N-dealkylation sites (tertiary alicyclic amines) is 1. The molecule has 2 aliphatic rings. The molecule has 11 heteroatoms. The molecule has 0 unspecified atom stereocenters. The number of carbonyl (C=O) groups is 1. The van der Waals surface area contributed by atoms with Crippen molar-refractivity contribution in [3.63, 3.8) is 0 Å². The van der Waals surface area contributed by atoms with E-state index in [0.717, 1.165) is 6.26 Å². The van der Waals surface area contributed by atoms with Crippen LogP contribution in [0.25, 0.3) is 0 Å². The number of fused-ring (bicyclic) bond motifs is 2. The van der Waals surface area contributed by atoms with Gasteiger partial charge in [-0.25, -0.2) is 13.4 Å². The summed E-state index contributed by atoms with van der Waals surface area (Å²) in [7, 11) is -3.45. The average Bonchev–Trinajstić information content (AvgIpc) is 3.06. The number of hydrogen-bond donors (Lipinski definition) is 0. The second-order valence-electron chi connectivity index (χ2n) is 6.44. The standard InChI is InChI=1S/C14H16N6O4S/c1-9-17-10(24-18-9)5-11(21)19-6-14(7-19)8-20(25(2,22)23)13-12(14)15-3-4-16-13/h3-4H,5-8H2,1-2H3. The Kier molecular flexibility index (Phi) is 3.33. The third-order valence-electron chi connectivity index (χ3n) is 4.48. The van der Waals surface area contributed by atoms with E-state index in [1.165, 1.54) is 16.7 Å². The van der Waals surface area contributed by atoms with Crippen molar-refractivity contribution in [1.82, 2.24) is 25.0 Å². The maximum absolute atomic E-state index is 12.4. The van der Waals surface area contributed by atoms with Crippen molar-refractivity contribution in [1.29, 1.82) is 0 Å². The number of anilines is 1. The van der Waals surface area contributed by atoms with Gasteiger partial charge in [-0.05, 0) is 6.92 Å². The van der Waals surface area contributed by atoms with Gasteiger partial charge in [0.15, 0.2) is 11.6 Å². The number of aromatic nitrogens is 4. The molecular weight excluding hydrogens is 348 g/mol. The highest BCUT2D eigenvalue weighted by molar-refractivity contribution is 7.92. The molecule has 0 aromatic carbocycles. The number of nitrogens with zero attached hydrogens (tertiary/aromatic N) is 6. The van der Waals surface area contributed by atoms with Gasteiger partial charge in [0.1, 0.15) is 6.42 Å². The highest BCUT2D eigenvalue weighted by atomic mass is 32.2. The van der Waals surface area contributed by atoms with E-state index in [4.69, 9.17) is 4.52 Å². The predicted molar refractivity (Wildman–Crippen MR) is 85.2 cm³/mol. The summed E-state index contributed by atoms with van der Waals surface area (Å²) in [6, 6.07) is 0. The maximum Gasteiger partial charge on any atom is 0.236 e. The van der Waals surface area contributed by atoms with Gasteiger partial charge in [0.05, 0.1) is 23.9 Å². The molecule has 1 amide bonds. The summed E-state index contributed by atoms with van der Waals surface area (Å²) in [5, 5.41) is 3.66. The molecule has 0 N–H and O–H groups in total. The topological polar surface area (TPSA) is 122 Å². The second kappa shape index (κ2) is 5.22. The summed E-state index contributed by atoms with van der Waals surface area (Å²) in [4.78, 5) is 26.5. The molecule has 2 aliphatic heterocycles. The zero-order valence-electron chi connectivity index (χ0n) is 13.7.